The van der Waals surface area contributed by atoms with Crippen LogP contribution in [0.15, 0.2) is 42.7 Å². The predicted molar refractivity (Wildman–Crippen MR) is 81.4 cm³/mol. The van der Waals surface area contributed by atoms with Crippen LogP contribution in [0.25, 0.3) is 5.69 Å². The second kappa shape index (κ2) is 5.33. The Hall–Kier alpha value is -2.14. The van der Waals surface area contributed by atoms with Gasteiger partial charge in [0.05, 0.1) is 28.6 Å². The van der Waals surface area contributed by atoms with Gasteiger partial charge in [-0.3, -0.25) is 4.79 Å². The minimum atomic E-state index is -1.03. The number of nitrogens with one attached hydrogen (secondary N) is 1. The Morgan fingerprint density at radius 3 is 2.38 bits per heavy atom. The second-order valence-corrected chi connectivity index (χ2v) is 6.15. The van der Waals surface area contributed by atoms with E-state index in [0.29, 0.717) is 5.56 Å². The SMILES string of the molecule is CC(C)(O)C(C)(C)NC(=O)c1cnn(-c2ccccc2)c1. The van der Waals surface area contributed by atoms with Crippen LogP contribution < -0.4 is 5.32 Å². The standard InChI is InChI=1S/C16H21N3O2/c1-15(2,16(3,4)21)18-14(20)12-10-17-19(11-12)13-8-6-5-7-9-13/h5-11,21H,1-4H3,(H,18,20). The Labute approximate surface area is 124 Å². The summed E-state index contributed by atoms with van der Waals surface area (Å²) in [6, 6.07) is 9.57. The van der Waals surface area contributed by atoms with E-state index in [4.69, 9.17) is 0 Å². The van der Waals surface area contributed by atoms with Gasteiger partial charge in [0, 0.05) is 6.20 Å². The van der Waals surface area contributed by atoms with Crippen LogP contribution in [0.4, 0.5) is 0 Å². The van der Waals surface area contributed by atoms with Gasteiger partial charge >= 0.3 is 0 Å². The highest BCUT2D eigenvalue weighted by atomic mass is 16.3. The Morgan fingerprint density at radius 2 is 1.81 bits per heavy atom. The van der Waals surface area contributed by atoms with Gasteiger partial charge in [-0.2, -0.15) is 5.10 Å². The molecule has 0 aliphatic rings. The van der Waals surface area contributed by atoms with Gasteiger partial charge in [0.2, 0.25) is 0 Å². The molecule has 0 aliphatic heterocycles. The summed E-state index contributed by atoms with van der Waals surface area (Å²) in [7, 11) is 0. The highest BCUT2D eigenvalue weighted by Gasteiger charge is 2.36. The van der Waals surface area contributed by atoms with Crippen LogP contribution in [-0.2, 0) is 0 Å². The summed E-state index contributed by atoms with van der Waals surface area (Å²) in [5.74, 6) is -0.260. The number of hydrogen-bond acceptors (Lipinski definition) is 3. The molecule has 1 aromatic heterocycles. The van der Waals surface area contributed by atoms with Gasteiger partial charge in [0.15, 0.2) is 0 Å². The van der Waals surface area contributed by atoms with E-state index in [1.807, 2.05) is 30.3 Å². The number of amides is 1. The highest BCUT2D eigenvalue weighted by molar-refractivity contribution is 5.94. The molecule has 0 atom stereocenters. The summed E-state index contributed by atoms with van der Waals surface area (Å²) in [5.41, 5.74) is -0.439. The largest absolute Gasteiger partial charge is 0.388 e. The van der Waals surface area contributed by atoms with Gasteiger partial charge in [0.25, 0.3) is 5.91 Å². The van der Waals surface area contributed by atoms with Crippen LogP contribution in [0.5, 0.6) is 0 Å². The van der Waals surface area contributed by atoms with Crippen molar-refractivity contribution < 1.29 is 9.90 Å². The molecule has 0 fully saturated rings. The maximum absolute atomic E-state index is 12.3. The summed E-state index contributed by atoms with van der Waals surface area (Å²) in [5, 5.41) is 17.1. The fourth-order valence-electron chi connectivity index (χ4n) is 1.67. The lowest BCUT2D eigenvalue weighted by molar-refractivity contribution is -0.00292. The van der Waals surface area contributed by atoms with Crippen LogP contribution in [0.1, 0.15) is 38.1 Å². The Bertz CT molecular complexity index is 624. The van der Waals surface area contributed by atoms with E-state index in [2.05, 4.69) is 10.4 Å². The quantitative estimate of drug-likeness (QED) is 0.905. The molecule has 21 heavy (non-hydrogen) atoms. The number of aromatic nitrogens is 2. The van der Waals surface area contributed by atoms with Gasteiger partial charge in [-0.1, -0.05) is 18.2 Å². The van der Waals surface area contributed by atoms with Crippen LogP contribution in [0.3, 0.4) is 0 Å². The van der Waals surface area contributed by atoms with E-state index in [1.54, 1.807) is 38.6 Å². The first-order valence-electron chi connectivity index (χ1n) is 6.86. The predicted octanol–water partition coefficient (Wildman–Crippen LogP) is 2.15. The average Bonchev–Trinajstić information content (AvgIpc) is 2.87. The maximum atomic E-state index is 12.3. The third-order valence-corrected chi connectivity index (χ3v) is 3.82. The summed E-state index contributed by atoms with van der Waals surface area (Å²) in [4.78, 5) is 12.3. The molecule has 0 spiro atoms. The molecule has 5 nitrogen and oxygen atoms in total. The zero-order valence-electron chi connectivity index (χ0n) is 12.8. The normalized spacial score (nSPS) is 12.2. The molecule has 2 rings (SSSR count). The van der Waals surface area contributed by atoms with Crippen LogP contribution in [-0.4, -0.2) is 31.9 Å². The van der Waals surface area contributed by atoms with Crippen LogP contribution >= 0.6 is 0 Å². The minimum Gasteiger partial charge on any atom is -0.388 e. The van der Waals surface area contributed by atoms with E-state index >= 15 is 0 Å². The molecule has 1 heterocycles. The number of carbonyl (C=O) groups excluding carboxylic acids is 1. The Kier molecular flexibility index (Phi) is 3.87. The van der Waals surface area contributed by atoms with E-state index in [0.717, 1.165) is 5.69 Å². The molecule has 2 N–H and O–H groups in total. The Morgan fingerprint density at radius 1 is 1.19 bits per heavy atom. The molecule has 112 valence electrons. The van der Waals surface area contributed by atoms with Crippen molar-refractivity contribution in [3.05, 3.63) is 48.3 Å². The third-order valence-electron chi connectivity index (χ3n) is 3.82. The van der Waals surface area contributed by atoms with Crippen molar-refractivity contribution in [3.63, 3.8) is 0 Å². The summed E-state index contributed by atoms with van der Waals surface area (Å²) in [6.07, 6.45) is 3.19. The summed E-state index contributed by atoms with van der Waals surface area (Å²) in [6.45, 7) is 6.90. The molecule has 2 aromatic rings. The highest BCUT2D eigenvalue weighted by Crippen LogP contribution is 2.21. The number of benzene rings is 1. The molecular formula is C16H21N3O2. The topological polar surface area (TPSA) is 67.2 Å². The molecule has 0 unspecified atom stereocenters. The van der Waals surface area contributed by atoms with Gasteiger partial charge in [0.1, 0.15) is 0 Å². The molecule has 0 radical (unpaired) electrons. The number of hydrogen-bond donors (Lipinski definition) is 2. The zero-order chi connectivity index (χ0) is 15.7. The second-order valence-electron chi connectivity index (χ2n) is 6.15. The van der Waals surface area contributed by atoms with E-state index in [-0.39, 0.29) is 5.91 Å². The van der Waals surface area contributed by atoms with Gasteiger partial charge in [-0.15, -0.1) is 0 Å². The van der Waals surface area contributed by atoms with Gasteiger partial charge in [-0.05, 0) is 39.8 Å². The molecule has 0 aliphatic carbocycles. The first-order chi connectivity index (χ1) is 9.71. The van der Waals surface area contributed by atoms with Crippen LogP contribution in [0.2, 0.25) is 0 Å². The lowest BCUT2D eigenvalue weighted by Crippen LogP contribution is -2.57. The summed E-state index contributed by atoms with van der Waals surface area (Å²) >= 11 is 0. The minimum absolute atomic E-state index is 0.260. The molecule has 0 bridgehead atoms. The number of nitrogens with zero attached hydrogens (tertiary/aromatic N) is 2. The molecule has 1 aromatic carbocycles. The first-order valence-corrected chi connectivity index (χ1v) is 6.86. The number of aliphatic hydroxyl groups is 1. The molecule has 1 amide bonds. The van der Waals surface area contributed by atoms with E-state index in [9.17, 15) is 9.90 Å². The van der Waals surface area contributed by atoms with Crippen molar-refractivity contribution in [2.75, 3.05) is 0 Å². The van der Waals surface area contributed by atoms with Crippen LogP contribution in [0, 0.1) is 0 Å². The van der Waals surface area contributed by atoms with E-state index in [1.165, 1.54) is 6.20 Å². The fourth-order valence-corrected chi connectivity index (χ4v) is 1.67. The van der Waals surface area contributed by atoms with Crippen molar-refractivity contribution in [2.24, 2.45) is 0 Å². The van der Waals surface area contributed by atoms with Crippen molar-refractivity contribution in [3.8, 4) is 5.69 Å². The van der Waals surface area contributed by atoms with Gasteiger partial charge in [-0.25, -0.2) is 4.68 Å². The lowest BCUT2D eigenvalue weighted by Gasteiger charge is -2.37. The lowest BCUT2D eigenvalue weighted by atomic mass is 9.86. The van der Waals surface area contributed by atoms with Gasteiger partial charge < -0.3 is 10.4 Å². The smallest absolute Gasteiger partial charge is 0.254 e. The number of para-hydroxylation sites is 1. The molecule has 0 saturated heterocycles. The molecule has 0 saturated carbocycles. The summed E-state index contributed by atoms with van der Waals surface area (Å²) < 4.78 is 1.64. The third kappa shape index (κ3) is 3.31. The van der Waals surface area contributed by atoms with Crippen molar-refractivity contribution in [2.45, 2.75) is 38.8 Å². The van der Waals surface area contributed by atoms with Crippen molar-refractivity contribution in [1.82, 2.24) is 15.1 Å². The van der Waals surface area contributed by atoms with Crippen molar-refractivity contribution >= 4 is 5.91 Å². The molecule has 5 heteroatoms. The first kappa shape index (κ1) is 15.3. The average molecular weight is 287 g/mol. The van der Waals surface area contributed by atoms with Crippen molar-refractivity contribution in [1.29, 1.82) is 0 Å². The number of rotatable bonds is 4. The fraction of sp³-hybridized carbons (Fsp3) is 0.375. The Balaban J connectivity index is 2.17. The maximum Gasteiger partial charge on any atom is 0.254 e. The monoisotopic (exact) mass is 287 g/mol. The number of carbonyl (C=O) groups is 1. The zero-order valence-corrected chi connectivity index (χ0v) is 12.8. The van der Waals surface area contributed by atoms with E-state index < -0.39 is 11.1 Å². The molecular weight excluding hydrogens is 266 g/mol.